The fourth-order valence-electron chi connectivity index (χ4n) is 3.32. The SMILES string of the molecule is Cc1ccc(N)c(C)c1N1C(=O)C2CCC(C2)C1=O. The van der Waals surface area contributed by atoms with Crippen LogP contribution >= 0.6 is 0 Å². The van der Waals surface area contributed by atoms with Crippen LogP contribution in [0.4, 0.5) is 11.4 Å². The largest absolute Gasteiger partial charge is 0.398 e. The van der Waals surface area contributed by atoms with E-state index in [1.807, 2.05) is 26.0 Å². The lowest BCUT2D eigenvalue weighted by Gasteiger charge is -2.32. The predicted octanol–water partition coefficient (Wildman–Crippen LogP) is 2.18. The molecule has 2 amide bonds. The maximum absolute atomic E-state index is 12.5. The van der Waals surface area contributed by atoms with Gasteiger partial charge in [-0.25, -0.2) is 4.90 Å². The second-order valence-electron chi connectivity index (χ2n) is 5.66. The third kappa shape index (κ3) is 1.66. The summed E-state index contributed by atoms with van der Waals surface area (Å²) in [6.07, 6.45) is 2.41. The molecule has 4 nitrogen and oxygen atoms in total. The van der Waals surface area contributed by atoms with Crippen molar-refractivity contribution in [2.75, 3.05) is 10.6 Å². The van der Waals surface area contributed by atoms with Crippen LogP contribution in [0.3, 0.4) is 0 Å². The van der Waals surface area contributed by atoms with Gasteiger partial charge in [-0.1, -0.05) is 6.07 Å². The number of hydrogen-bond donors (Lipinski definition) is 1. The summed E-state index contributed by atoms with van der Waals surface area (Å²) in [5.41, 5.74) is 9.00. The molecule has 19 heavy (non-hydrogen) atoms. The molecule has 0 spiro atoms. The highest BCUT2D eigenvalue weighted by Gasteiger charge is 2.46. The minimum absolute atomic E-state index is 0.0166. The van der Waals surface area contributed by atoms with Crippen LogP contribution in [0.2, 0.25) is 0 Å². The number of nitrogen functional groups attached to an aromatic ring is 1. The minimum atomic E-state index is -0.0458. The second kappa shape index (κ2) is 4.08. The first kappa shape index (κ1) is 12.2. The number of aryl methyl sites for hydroxylation is 1. The molecule has 1 aliphatic carbocycles. The number of imide groups is 1. The van der Waals surface area contributed by atoms with Crippen LogP contribution in [0.25, 0.3) is 0 Å². The Kier molecular flexibility index (Phi) is 2.62. The Bertz CT molecular complexity index is 558. The molecule has 2 N–H and O–H groups in total. The number of hydrogen-bond acceptors (Lipinski definition) is 3. The second-order valence-corrected chi connectivity index (χ2v) is 5.66. The number of nitrogens with zero attached hydrogens (tertiary/aromatic N) is 1. The zero-order chi connectivity index (χ0) is 13.7. The van der Waals surface area contributed by atoms with Gasteiger partial charge in [0.05, 0.1) is 5.69 Å². The van der Waals surface area contributed by atoms with Gasteiger partial charge in [0.2, 0.25) is 11.8 Å². The Hall–Kier alpha value is -1.84. The molecule has 1 heterocycles. The lowest BCUT2D eigenvalue weighted by molar-refractivity contribution is -0.133. The van der Waals surface area contributed by atoms with Gasteiger partial charge in [-0.2, -0.15) is 0 Å². The Balaban J connectivity index is 2.14. The first-order valence-electron chi connectivity index (χ1n) is 6.74. The summed E-state index contributed by atoms with van der Waals surface area (Å²) in [6, 6.07) is 3.69. The Morgan fingerprint density at radius 2 is 1.68 bits per heavy atom. The average molecular weight is 258 g/mol. The van der Waals surface area contributed by atoms with Crippen molar-refractivity contribution < 1.29 is 9.59 Å². The molecule has 2 unspecified atom stereocenters. The molecule has 2 fully saturated rings. The van der Waals surface area contributed by atoms with Crippen LogP contribution in [0, 0.1) is 25.7 Å². The first-order valence-corrected chi connectivity index (χ1v) is 6.74. The highest BCUT2D eigenvalue weighted by molar-refractivity contribution is 6.19. The van der Waals surface area contributed by atoms with Gasteiger partial charge < -0.3 is 5.73 Å². The number of fused-ring (bicyclic) bond motifs is 2. The molecule has 3 rings (SSSR count). The van der Waals surface area contributed by atoms with E-state index >= 15 is 0 Å². The first-order chi connectivity index (χ1) is 9.00. The number of carbonyl (C=O) groups excluding carboxylic acids is 2. The number of rotatable bonds is 1. The Morgan fingerprint density at radius 1 is 1.11 bits per heavy atom. The van der Waals surface area contributed by atoms with E-state index in [-0.39, 0.29) is 23.7 Å². The molecule has 1 saturated carbocycles. The van der Waals surface area contributed by atoms with Gasteiger partial charge >= 0.3 is 0 Å². The molecule has 0 radical (unpaired) electrons. The fourth-order valence-corrected chi connectivity index (χ4v) is 3.32. The number of amides is 2. The van der Waals surface area contributed by atoms with Gasteiger partial charge in [0.25, 0.3) is 0 Å². The maximum Gasteiger partial charge on any atom is 0.236 e. The van der Waals surface area contributed by atoms with E-state index in [1.54, 1.807) is 0 Å². The van der Waals surface area contributed by atoms with Crippen molar-refractivity contribution in [3.8, 4) is 0 Å². The van der Waals surface area contributed by atoms with Crippen molar-refractivity contribution in [2.45, 2.75) is 33.1 Å². The van der Waals surface area contributed by atoms with Crippen molar-refractivity contribution in [3.05, 3.63) is 23.3 Å². The highest BCUT2D eigenvalue weighted by Crippen LogP contribution is 2.42. The predicted molar refractivity (Wildman–Crippen MR) is 73.7 cm³/mol. The zero-order valence-electron chi connectivity index (χ0n) is 11.3. The van der Waals surface area contributed by atoms with Gasteiger partial charge in [0, 0.05) is 17.5 Å². The molecule has 2 bridgehead atoms. The van der Waals surface area contributed by atoms with Crippen LogP contribution in [-0.4, -0.2) is 11.8 Å². The molecule has 100 valence electrons. The van der Waals surface area contributed by atoms with Crippen molar-refractivity contribution in [1.82, 2.24) is 0 Å². The highest BCUT2D eigenvalue weighted by atomic mass is 16.2. The average Bonchev–Trinajstić information content (AvgIpc) is 2.83. The summed E-state index contributed by atoms with van der Waals surface area (Å²) in [5.74, 6) is -0.0584. The van der Waals surface area contributed by atoms with Gasteiger partial charge in [0.1, 0.15) is 0 Å². The van der Waals surface area contributed by atoms with E-state index in [0.29, 0.717) is 11.4 Å². The molecular formula is C15H18N2O2. The van der Waals surface area contributed by atoms with Crippen LogP contribution in [0.1, 0.15) is 30.4 Å². The van der Waals surface area contributed by atoms with Gasteiger partial charge in [-0.3, -0.25) is 9.59 Å². The fraction of sp³-hybridized carbons (Fsp3) is 0.467. The molecule has 2 aliphatic rings. The number of anilines is 2. The van der Waals surface area contributed by atoms with E-state index in [9.17, 15) is 9.59 Å². The molecule has 1 saturated heterocycles. The maximum atomic E-state index is 12.5. The van der Waals surface area contributed by atoms with Crippen LogP contribution in [0.5, 0.6) is 0 Å². The van der Waals surface area contributed by atoms with Crippen molar-refractivity contribution in [1.29, 1.82) is 0 Å². The smallest absolute Gasteiger partial charge is 0.236 e. The van der Waals surface area contributed by atoms with Crippen LogP contribution in [-0.2, 0) is 9.59 Å². The monoisotopic (exact) mass is 258 g/mol. The summed E-state index contributed by atoms with van der Waals surface area (Å²) in [4.78, 5) is 26.3. The summed E-state index contributed by atoms with van der Waals surface area (Å²) < 4.78 is 0. The lowest BCUT2D eigenvalue weighted by Crippen LogP contribution is -2.47. The minimum Gasteiger partial charge on any atom is -0.398 e. The number of carbonyl (C=O) groups is 2. The molecule has 1 aromatic rings. The van der Waals surface area contributed by atoms with E-state index in [4.69, 9.17) is 5.73 Å². The van der Waals surface area contributed by atoms with Gasteiger partial charge in [0.15, 0.2) is 0 Å². The van der Waals surface area contributed by atoms with Crippen molar-refractivity contribution in [3.63, 3.8) is 0 Å². The third-order valence-corrected chi connectivity index (χ3v) is 4.47. The van der Waals surface area contributed by atoms with Gasteiger partial charge in [-0.15, -0.1) is 0 Å². The van der Waals surface area contributed by atoms with Gasteiger partial charge in [-0.05, 0) is 50.3 Å². The molecule has 0 aromatic heterocycles. The third-order valence-electron chi connectivity index (χ3n) is 4.47. The lowest BCUT2D eigenvalue weighted by atomic mass is 9.94. The van der Waals surface area contributed by atoms with Crippen LogP contribution < -0.4 is 10.6 Å². The summed E-state index contributed by atoms with van der Waals surface area (Å²) in [5, 5.41) is 0. The summed E-state index contributed by atoms with van der Waals surface area (Å²) >= 11 is 0. The number of benzene rings is 1. The molecule has 2 atom stereocenters. The topological polar surface area (TPSA) is 63.4 Å². The van der Waals surface area contributed by atoms with E-state index in [1.165, 1.54) is 4.90 Å². The number of nitrogens with two attached hydrogens (primary N) is 1. The van der Waals surface area contributed by atoms with Crippen molar-refractivity contribution in [2.24, 2.45) is 11.8 Å². The molecule has 1 aliphatic heterocycles. The summed E-state index contributed by atoms with van der Waals surface area (Å²) in [6.45, 7) is 3.79. The quantitative estimate of drug-likeness (QED) is 0.620. The Labute approximate surface area is 112 Å². The number of piperidine rings is 1. The van der Waals surface area contributed by atoms with E-state index < -0.39 is 0 Å². The summed E-state index contributed by atoms with van der Waals surface area (Å²) in [7, 11) is 0. The molecule has 4 heteroatoms. The standard InChI is InChI=1S/C15H18N2O2/c1-8-3-6-12(16)9(2)13(8)17-14(18)10-4-5-11(7-10)15(17)19/h3,6,10-11H,4-5,7,16H2,1-2H3. The van der Waals surface area contributed by atoms with Crippen molar-refractivity contribution >= 4 is 23.2 Å². The van der Waals surface area contributed by atoms with E-state index in [2.05, 4.69) is 0 Å². The zero-order valence-corrected chi connectivity index (χ0v) is 11.3. The normalized spacial score (nSPS) is 26.1. The Morgan fingerprint density at radius 3 is 2.26 bits per heavy atom. The van der Waals surface area contributed by atoms with E-state index in [0.717, 1.165) is 30.4 Å². The van der Waals surface area contributed by atoms with Crippen LogP contribution in [0.15, 0.2) is 12.1 Å². The molecule has 1 aromatic carbocycles. The molecular weight excluding hydrogens is 240 g/mol.